The van der Waals surface area contributed by atoms with E-state index in [1.807, 2.05) is 0 Å². The van der Waals surface area contributed by atoms with Crippen LogP contribution < -0.4 is 0 Å². The van der Waals surface area contributed by atoms with Gasteiger partial charge >= 0.3 is 0 Å². The zero-order valence-corrected chi connectivity index (χ0v) is 11.5. The Balaban J connectivity index is 2.05. The molecule has 80 valence electrons. The highest BCUT2D eigenvalue weighted by Crippen LogP contribution is 2.24. The third-order valence-corrected chi connectivity index (χ3v) is 3.80. The van der Waals surface area contributed by atoms with Crippen LogP contribution in [0.1, 0.15) is 24.8 Å². The predicted molar refractivity (Wildman–Crippen MR) is 74.4 cm³/mol. The van der Waals surface area contributed by atoms with E-state index in [1.165, 1.54) is 27.5 Å². The monoisotopic (exact) mass is 332 g/mol. The minimum atomic E-state index is 0.262. The molecule has 1 unspecified atom stereocenters. The van der Waals surface area contributed by atoms with E-state index >= 15 is 0 Å². The highest BCUT2D eigenvalue weighted by atomic mass is 127. The number of halogens is 2. The molecule has 0 nitrogen and oxygen atoms in total. The Morgan fingerprint density at radius 3 is 2.67 bits per heavy atom. The maximum atomic E-state index is 6.13. The van der Waals surface area contributed by atoms with Gasteiger partial charge in [0.2, 0.25) is 0 Å². The van der Waals surface area contributed by atoms with E-state index in [4.69, 9.17) is 11.6 Å². The van der Waals surface area contributed by atoms with E-state index in [2.05, 4.69) is 52.9 Å². The summed E-state index contributed by atoms with van der Waals surface area (Å²) in [6.45, 7) is 0. The van der Waals surface area contributed by atoms with Crippen LogP contribution in [0.5, 0.6) is 0 Å². The van der Waals surface area contributed by atoms with Crippen molar-refractivity contribution in [3.63, 3.8) is 0 Å². The van der Waals surface area contributed by atoms with Crippen molar-refractivity contribution >= 4 is 34.2 Å². The van der Waals surface area contributed by atoms with Crippen LogP contribution in [0.15, 0.2) is 35.9 Å². The van der Waals surface area contributed by atoms with Crippen molar-refractivity contribution in [2.24, 2.45) is 0 Å². The van der Waals surface area contributed by atoms with Gasteiger partial charge in [-0.1, -0.05) is 23.8 Å². The van der Waals surface area contributed by atoms with Crippen LogP contribution in [0.2, 0.25) is 0 Å². The van der Waals surface area contributed by atoms with Crippen molar-refractivity contribution < 1.29 is 0 Å². The first-order chi connectivity index (χ1) is 7.24. The number of hydrogen-bond acceptors (Lipinski definition) is 0. The fraction of sp³-hybridized carbons (Fsp3) is 0.385. The smallest absolute Gasteiger partial charge is 0.0518 e. The summed E-state index contributed by atoms with van der Waals surface area (Å²) in [7, 11) is 0. The molecule has 0 heterocycles. The normalized spacial score (nSPS) is 21.2. The summed E-state index contributed by atoms with van der Waals surface area (Å²) >= 11 is 8.46. The second-order valence-electron chi connectivity index (χ2n) is 4.04. The number of rotatable bonds is 2. The van der Waals surface area contributed by atoms with E-state index in [-0.39, 0.29) is 5.38 Å². The molecule has 1 aromatic rings. The van der Waals surface area contributed by atoms with E-state index in [0.717, 1.165) is 12.8 Å². The molecule has 0 saturated heterocycles. The Bertz CT molecular complexity index is 353. The zero-order chi connectivity index (χ0) is 10.7. The average molecular weight is 333 g/mol. The lowest BCUT2D eigenvalue weighted by Crippen LogP contribution is -2.05. The van der Waals surface area contributed by atoms with Gasteiger partial charge in [0.05, 0.1) is 5.38 Å². The first kappa shape index (κ1) is 11.5. The van der Waals surface area contributed by atoms with E-state index in [0.29, 0.717) is 0 Å². The molecule has 1 aliphatic carbocycles. The van der Waals surface area contributed by atoms with E-state index < -0.39 is 0 Å². The summed E-state index contributed by atoms with van der Waals surface area (Å²) in [6, 6.07) is 8.75. The third-order valence-electron chi connectivity index (χ3n) is 2.74. The van der Waals surface area contributed by atoms with Crippen molar-refractivity contribution in [3.05, 3.63) is 45.0 Å². The molecule has 0 aromatic heterocycles. The van der Waals surface area contributed by atoms with Crippen LogP contribution in [-0.2, 0) is 6.42 Å². The summed E-state index contributed by atoms with van der Waals surface area (Å²) < 4.78 is 1.30. The van der Waals surface area contributed by atoms with Crippen LogP contribution >= 0.6 is 34.2 Å². The SMILES string of the molecule is ClC1C=C(Cc2ccc(I)cc2)CCC1. The molecule has 0 saturated carbocycles. The summed E-state index contributed by atoms with van der Waals surface area (Å²) in [5.41, 5.74) is 2.90. The van der Waals surface area contributed by atoms with Gasteiger partial charge in [0.25, 0.3) is 0 Å². The van der Waals surface area contributed by atoms with Gasteiger partial charge in [0.15, 0.2) is 0 Å². The molecule has 0 aliphatic heterocycles. The molecule has 2 heteroatoms. The number of benzene rings is 1. The second-order valence-corrected chi connectivity index (χ2v) is 5.84. The summed E-state index contributed by atoms with van der Waals surface area (Å²) in [5, 5.41) is 0.262. The van der Waals surface area contributed by atoms with Gasteiger partial charge in [-0.05, 0) is 66.0 Å². The van der Waals surface area contributed by atoms with Gasteiger partial charge in [0, 0.05) is 3.57 Å². The Kier molecular flexibility index (Phi) is 4.09. The predicted octanol–water partition coefficient (Wildman–Crippen LogP) is 4.55. The molecule has 0 radical (unpaired) electrons. The highest BCUT2D eigenvalue weighted by molar-refractivity contribution is 14.1. The molecule has 0 bridgehead atoms. The van der Waals surface area contributed by atoms with Crippen LogP contribution in [-0.4, -0.2) is 5.38 Å². The fourth-order valence-corrected chi connectivity index (χ4v) is 2.65. The lowest BCUT2D eigenvalue weighted by Gasteiger charge is -2.16. The van der Waals surface area contributed by atoms with Crippen molar-refractivity contribution in [3.8, 4) is 0 Å². The van der Waals surface area contributed by atoms with Crippen molar-refractivity contribution in [2.75, 3.05) is 0 Å². The standard InChI is InChI=1S/C13H14ClI/c14-12-3-1-2-11(9-12)8-10-4-6-13(15)7-5-10/h4-7,9,12H,1-3,8H2. The molecule has 0 fully saturated rings. The van der Waals surface area contributed by atoms with Crippen molar-refractivity contribution in [1.29, 1.82) is 0 Å². The second kappa shape index (κ2) is 5.35. The lowest BCUT2D eigenvalue weighted by atomic mass is 9.94. The third kappa shape index (κ3) is 3.49. The molecule has 0 spiro atoms. The molecule has 1 atom stereocenters. The lowest BCUT2D eigenvalue weighted by molar-refractivity contribution is 0.693. The minimum absolute atomic E-state index is 0.262. The molecular weight excluding hydrogens is 319 g/mol. The number of hydrogen-bond donors (Lipinski definition) is 0. The van der Waals surface area contributed by atoms with Gasteiger partial charge in [0.1, 0.15) is 0 Å². The number of alkyl halides is 1. The van der Waals surface area contributed by atoms with Crippen LogP contribution in [0.25, 0.3) is 0 Å². The van der Waals surface area contributed by atoms with Crippen LogP contribution in [0.3, 0.4) is 0 Å². The Morgan fingerprint density at radius 1 is 1.27 bits per heavy atom. The van der Waals surface area contributed by atoms with Gasteiger partial charge in [-0.15, -0.1) is 11.6 Å². The maximum absolute atomic E-state index is 6.13. The first-order valence-corrected chi connectivity index (χ1v) is 6.83. The average Bonchev–Trinajstić information content (AvgIpc) is 2.22. The molecule has 1 aromatic carbocycles. The molecule has 15 heavy (non-hydrogen) atoms. The topological polar surface area (TPSA) is 0 Å². The van der Waals surface area contributed by atoms with Crippen LogP contribution in [0, 0.1) is 3.57 Å². The minimum Gasteiger partial charge on any atom is -0.118 e. The summed E-state index contributed by atoms with van der Waals surface area (Å²) in [5.74, 6) is 0. The van der Waals surface area contributed by atoms with Gasteiger partial charge in [-0.2, -0.15) is 0 Å². The van der Waals surface area contributed by atoms with Gasteiger partial charge < -0.3 is 0 Å². The maximum Gasteiger partial charge on any atom is 0.0518 e. The molecule has 0 N–H and O–H groups in total. The van der Waals surface area contributed by atoms with E-state index in [9.17, 15) is 0 Å². The fourth-order valence-electron chi connectivity index (χ4n) is 1.96. The van der Waals surface area contributed by atoms with Crippen LogP contribution in [0.4, 0.5) is 0 Å². The molecule has 1 aliphatic rings. The Labute approximate surface area is 110 Å². The van der Waals surface area contributed by atoms with E-state index in [1.54, 1.807) is 0 Å². The van der Waals surface area contributed by atoms with Gasteiger partial charge in [-0.25, -0.2) is 0 Å². The Morgan fingerprint density at radius 2 is 2.00 bits per heavy atom. The highest BCUT2D eigenvalue weighted by Gasteiger charge is 2.10. The molecular formula is C13H14ClI. The first-order valence-electron chi connectivity index (χ1n) is 5.32. The Hall–Kier alpha value is -0.0200. The zero-order valence-electron chi connectivity index (χ0n) is 8.55. The summed E-state index contributed by atoms with van der Waals surface area (Å²) in [6.07, 6.45) is 6.90. The summed E-state index contributed by atoms with van der Waals surface area (Å²) in [4.78, 5) is 0. The van der Waals surface area contributed by atoms with Crippen molar-refractivity contribution in [2.45, 2.75) is 31.1 Å². The molecule has 2 rings (SSSR count). The quantitative estimate of drug-likeness (QED) is 0.423. The van der Waals surface area contributed by atoms with Crippen molar-refractivity contribution in [1.82, 2.24) is 0 Å². The largest absolute Gasteiger partial charge is 0.118 e. The molecule has 0 amide bonds. The van der Waals surface area contributed by atoms with Gasteiger partial charge in [-0.3, -0.25) is 0 Å². The number of allylic oxidation sites excluding steroid dienone is 2.